The Kier molecular flexibility index (Phi) is 4.71. The molecule has 2 aromatic carbocycles. The van der Waals surface area contributed by atoms with Crippen molar-refractivity contribution in [1.29, 1.82) is 0 Å². The fourth-order valence-corrected chi connectivity index (χ4v) is 2.76. The van der Waals surface area contributed by atoms with Crippen molar-refractivity contribution in [2.75, 3.05) is 20.3 Å². The van der Waals surface area contributed by atoms with Gasteiger partial charge >= 0.3 is 0 Å². The second-order valence-corrected chi connectivity index (χ2v) is 5.90. The molecule has 0 spiro atoms. The lowest BCUT2D eigenvalue weighted by molar-refractivity contribution is 0.0926. The van der Waals surface area contributed by atoms with Gasteiger partial charge in [-0.25, -0.2) is 0 Å². The van der Waals surface area contributed by atoms with Crippen LogP contribution in [0.4, 0.5) is 0 Å². The van der Waals surface area contributed by atoms with Crippen LogP contribution in [0.5, 0.6) is 11.5 Å². The van der Waals surface area contributed by atoms with Crippen LogP contribution in [-0.2, 0) is 5.54 Å². The standard InChI is InChI=1S/C19H22N2O3/c1-23-15-7-8-16(17(13-15)24-12-11-20)18(22)21-19(9-10-19)14-5-3-2-4-6-14/h2-8,13H,9-12,20H2,1H3,(H,21,22). The van der Waals surface area contributed by atoms with Crippen LogP contribution in [0.2, 0.25) is 0 Å². The number of nitrogens with two attached hydrogens (primary N) is 1. The Morgan fingerprint density at radius 3 is 2.58 bits per heavy atom. The lowest BCUT2D eigenvalue weighted by atomic mass is 10.0. The second-order valence-electron chi connectivity index (χ2n) is 5.90. The number of amides is 1. The Morgan fingerprint density at radius 2 is 1.96 bits per heavy atom. The normalized spacial score (nSPS) is 14.8. The van der Waals surface area contributed by atoms with E-state index in [2.05, 4.69) is 5.32 Å². The molecule has 0 bridgehead atoms. The van der Waals surface area contributed by atoms with E-state index in [1.807, 2.05) is 30.3 Å². The van der Waals surface area contributed by atoms with E-state index < -0.39 is 0 Å². The third-order valence-corrected chi connectivity index (χ3v) is 4.24. The molecule has 1 saturated carbocycles. The van der Waals surface area contributed by atoms with Gasteiger partial charge in [0.15, 0.2) is 0 Å². The van der Waals surface area contributed by atoms with Gasteiger partial charge in [-0.3, -0.25) is 4.79 Å². The summed E-state index contributed by atoms with van der Waals surface area (Å²) in [5, 5.41) is 3.16. The molecule has 0 radical (unpaired) electrons. The fourth-order valence-electron chi connectivity index (χ4n) is 2.76. The van der Waals surface area contributed by atoms with E-state index in [0.29, 0.717) is 30.2 Å². The van der Waals surface area contributed by atoms with Crippen molar-refractivity contribution < 1.29 is 14.3 Å². The summed E-state index contributed by atoms with van der Waals surface area (Å²) in [6, 6.07) is 15.2. The summed E-state index contributed by atoms with van der Waals surface area (Å²) >= 11 is 0. The van der Waals surface area contributed by atoms with Gasteiger partial charge < -0.3 is 20.5 Å². The molecule has 5 nitrogen and oxygen atoms in total. The average molecular weight is 326 g/mol. The molecule has 0 aliphatic heterocycles. The van der Waals surface area contributed by atoms with Gasteiger partial charge in [0.25, 0.3) is 5.91 Å². The predicted octanol–water partition coefficient (Wildman–Crippen LogP) is 2.45. The van der Waals surface area contributed by atoms with Gasteiger partial charge in [0.2, 0.25) is 0 Å². The van der Waals surface area contributed by atoms with Gasteiger partial charge in [-0.05, 0) is 30.5 Å². The molecule has 126 valence electrons. The monoisotopic (exact) mass is 326 g/mol. The summed E-state index contributed by atoms with van der Waals surface area (Å²) in [4.78, 5) is 12.8. The van der Waals surface area contributed by atoms with E-state index in [1.165, 1.54) is 0 Å². The molecule has 0 aromatic heterocycles. The van der Waals surface area contributed by atoms with E-state index in [1.54, 1.807) is 25.3 Å². The molecule has 1 amide bonds. The number of methoxy groups -OCH3 is 1. The van der Waals surface area contributed by atoms with Crippen molar-refractivity contribution in [2.24, 2.45) is 5.73 Å². The Morgan fingerprint density at radius 1 is 1.21 bits per heavy atom. The van der Waals surface area contributed by atoms with Crippen LogP contribution >= 0.6 is 0 Å². The number of nitrogens with one attached hydrogen (secondary N) is 1. The maximum atomic E-state index is 12.8. The Labute approximate surface area is 141 Å². The van der Waals surface area contributed by atoms with E-state index in [9.17, 15) is 4.79 Å². The van der Waals surface area contributed by atoms with Crippen LogP contribution < -0.4 is 20.5 Å². The zero-order valence-electron chi connectivity index (χ0n) is 13.7. The molecule has 3 N–H and O–H groups in total. The minimum atomic E-state index is -0.261. The molecule has 24 heavy (non-hydrogen) atoms. The van der Waals surface area contributed by atoms with Crippen LogP contribution in [0.15, 0.2) is 48.5 Å². The highest BCUT2D eigenvalue weighted by atomic mass is 16.5. The second kappa shape index (κ2) is 6.93. The zero-order chi connectivity index (χ0) is 17.0. The third kappa shape index (κ3) is 3.36. The third-order valence-electron chi connectivity index (χ3n) is 4.24. The number of benzene rings is 2. The summed E-state index contributed by atoms with van der Waals surface area (Å²) in [5.74, 6) is 0.981. The van der Waals surface area contributed by atoms with Gasteiger partial charge in [0.05, 0.1) is 18.2 Å². The Bertz CT molecular complexity index is 712. The van der Waals surface area contributed by atoms with Crippen LogP contribution in [0.1, 0.15) is 28.8 Å². The minimum Gasteiger partial charge on any atom is -0.497 e. The van der Waals surface area contributed by atoms with Crippen molar-refractivity contribution in [3.8, 4) is 11.5 Å². The quantitative estimate of drug-likeness (QED) is 0.820. The average Bonchev–Trinajstić information content (AvgIpc) is 3.41. The summed E-state index contributed by atoms with van der Waals surface area (Å²) in [6.07, 6.45) is 1.88. The number of carbonyl (C=O) groups is 1. The van der Waals surface area contributed by atoms with Crippen LogP contribution in [0.25, 0.3) is 0 Å². The maximum absolute atomic E-state index is 12.8. The topological polar surface area (TPSA) is 73.6 Å². The molecule has 0 unspecified atom stereocenters. The highest BCUT2D eigenvalue weighted by Crippen LogP contribution is 2.45. The number of carbonyl (C=O) groups excluding carboxylic acids is 1. The molecule has 0 heterocycles. The van der Waals surface area contributed by atoms with Crippen molar-refractivity contribution in [2.45, 2.75) is 18.4 Å². The molecule has 2 aromatic rings. The highest BCUT2D eigenvalue weighted by molar-refractivity contribution is 5.98. The molecular formula is C19H22N2O3. The van der Waals surface area contributed by atoms with Gasteiger partial charge in [-0.2, -0.15) is 0 Å². The van der Waals surface area contributed by atoms with E-state index in [4.69, 9.17) is 15.2 Å². The number of ether oxygens (including phenoxy) is 2. The lowest BCUT2D eigenvalue weighted by Gasteiger charge is -2.19. The summed E-state index contributed by atoms with van der Waals surface area (Å²) < 4.78 is 10.8. The molecule has 0 atom stereocenters. The van der Waals surface area contributed by atoms with Gasteiger partial charge in [-0.15, -0.1) is 0 Å². The van der Waals surface area contributed by atoms with E-state index in [0.717, 1.165) is 18.4 Å². The van der Waals surface area contributed by atoms with Gasteiger partial charge in [0, 0.05) is 12.6 Å². The smallest absolute Gasteiger partial charge is 0.255 e. The number of hydrogen-bond donors (Lipinski definition) is 2. The molecule has 1 fully saturated rings. The molecule has 5 heteroatoms. The first-order chi connectivity index (χ1) is 11.7. The lowest BCUT2D eigenvalue weighted by Crippen LogP contribution is -2.35. The highest BCUT2D eigenvalue weighted by Gasteiger charge is 2.45. The summed E-state index contributed by atoms with van der Waals surface area (Å²) in [7, 11) is 1.58. The summed E-state index contributed by atoms with van der Waals surface area (Å²) in [5.41, 5.74) is 6.87. The first kappa shape index (κ1) is 16.3. The minimum absolute atomic E-state index is 0.147. The Balaban J connectivity index is 1.82. The van der Waals surface area contributed by atoms with Gasteiger partial charge in [-0.1, -0.05) is 30.3 Å². The molecule has 1 aliphatic rings. The van der Waals surface area contributed by atoms with Gasteiger partial charge in [0.1, 0.15) is 18.1 Å². The van der Waals surface area contributed by atoms with Crippen LogP contribution in [-0.4, -0.2) is 26.2 Å². The van der Waals surface area contributed by atoms with Crippen molar-refractivity contribution >= 4 is 5.91 Å². The maximum Gasteiger partial charge on any atom is 0.255 e. The SMILES string of the molecule is COc1ccc(C(=O)NC2(c3ccccc3)CC2)c(OCCN)c1. The molecular weight excluding hydrogens is 304 g/mol. The Hall–Kier alpha value is -2.53. The fraction of sp³-hybridized carbons (Fsp3) is 0.316. The first-order valence-corrected chi connectivity index (χ1v) is 8.07. The van der Waals surface area contributed by atoms with E-state index in [-0.39, 0.29) is 11.4 Å². The van der Waals surface area contributed by atoms with Crippen LogP contribution in [0, 0.1) is 0 Å². The van der Waals surface area contributed by atoms with E-state index >= 15 is 0 Å². The predicted molar refractivity (Wildman–Crippen MR) is 92.4 cm³/mol. The van der Waals surface area contributed by atoms with Crippen molar-refractivity contribution in [3.05, 3.63) is 59.7 Å². The largest absolute Gasteiger partial charge is 0.497 e. The van der Waals surface area contributed by atoms with Crippen LogP contribution in [0.3, 0.4) is 0 Å². The zero-order valence-corrected chi connectivity index (χ0v) is 13.7. The summed E-state index contributed by atoms with van der Waals surface area (Å²) in [6.45, 7) is 0.726. The first-order valence-electron chi connectivity index (χ1n) is 8.07. The number of hydrogen-bond acceptors (Lipinski definition) is 4. The molecule has 0 saturated heterocycles. The van der Waals surface area contributed by atoms with Crippen molar-refractivity contribution in [3.63, 3.8) is 0 Å². The van der Waals surface area contributed by atoms with Crippen molar-refractivity contribution in [1.82, 2.24) is 5.32 Å². The molecule has 3 rings (SSSR count). The number of rotatable bonds is 7. The molecule has 1 aliphatic carbocycles.